The molecule has 2 atom stereocenters. The first-order valence-electron chi connectivity index (χ1n) is 6.87. The van der Waals surface area contributed by atoms with E-state index < -0.39 is 10.0 Å². The predicted octanol–water partition coefficient (Wildman–Crippen LogP) is 0.421. The molecule has 0 aromatic heterocycles. The minimum absolute atomic E-state index is 0. The van der Waals surface area contributed by atoms with Gasteiger partial charge in [0.05, 0.1) is 5.25 Å². The van der Waals surface area contributed by atoms with E-state index in [0.717, 1.165) is 32.6 Å². The van der Waals surface area contributed by atoms with E-state index in [2.05, 4.69) is 21.9 Å². The summed E-state index contributed by atoms with van der Waals surface area (Å²) in [5.74, 6) is 0. The quantitative estimate of drug-likeness (QED) is 0.772. The summed E-state index contributed by atoms with van der Waals surface area (Å²) in [4.78, 5) is 2.31. The number of hydrogen-bond donors (Lipinski definition) is 2. The fourth-order valence-corrected chi connectivity index (χ4v) is 4.52. The van der Waals surface area contributed by atoms with Crippen LogP contribution in [0.15, 0.2) is 0 Å². The summed E-state index contributed by atoms with van der Waals surface area (Å²) < 4.78 is 26.5. The van der Waals surface area contributed by atoms with Crippen LogP contribution in [-0.2, 0) is 10.0 Å². The maximum atomic E-state index is 11.9. The third-order valence-electron chi connectivity index (χ3n) is 4.08. The van der Waals surface area contributed by atoms with E-state index >= 15 is 0 Å². The van der Waals surface area contributed by atoms with Crippen molar-refractivity contribution in [1.82, 2.24) is 14.9 Å². The zero-order chi connectivity index (χ0) is 13.2. The topological polar surface area (TPSA) is 61.4 Å². The molecule has 0 radical (unpaired) electrons. The van der Waals surface area contributed by atoms with E-state index in [9.17, 15) is 8.42 Å². The molecule has 2 heterocycles. The molecule has 114 valence electrons. The summed E-state index contributed by atoms with van der Waals surface area (Å²) in [5.41, 5.74) is 0.316. The highest BCUT2D eigenvalue weighted by molar-refractivity contribution is 7.90. The molecule has 0 aliphatic carbocycles. The Morgan fingerprint density at radius 3 is 2.79 bits per heavy atom. The van der Waals surface area contributed by atoms with Crippen molar-refractivity contribution in [1.29, 1.82) is 0 Å². The van der Waals surface area contributed by atoms with Crippen molar-refractivity contribution in [3.63, 3.8) is 0 Å². The maximum Gasteiger partial charge on any atom is 0.215 e. The molecule has 7 heteroatoms. The highest BCUT2D eigenvalue weighted by Gasteiger charge is 2.37. The number of sulfonamides is 1. The van der Waals surface area contributed by atoms with Gasteiger partial charge in [0.15, 0.2) is 0 Å². The molecule has 2 aliphatic heterocycles. The lowest BCUT2D eigenvalue weighted by molar-refractivity contribution is 0.209. The first-order chi connectivity index (χ1) is 8.45. The van der Waals surface area contributed by atoms with Crippen molar-refractivity contribution in [3.8, 4) is 0 Å². The van der Waals surface area contributed by atoms with Crippen LogP contribution in [0.4, 0.5) is 0 Å². The van der Waals surface area contributed by atoms with Gasteiger partial charge in [-0.05, 0) is 31.3 Å². The normalized spacial score (nSPS) is 32.4. The van der Waals surface area contributed by atoms with Crippen LogP contribution >= 0.6 is 12.4 Å². The minimum Gasteiger partial charge on any atom is -0.316 e. The lowest BCUT2D eigenvalue weighted by atomic mass is 9.89. The van der Waals surface area contributed by atoms with Gasteiger partial charge in [-0.3, -0.25) is 0 Å². The fourth-order valence-electron chi connectivity index (χ4n) is 3.06. The molecule has 0 aromatic rings. The summed E-state index contributed by atoms with van der Waals surface area (Å²) >= 11 is 0. The second kappa shape index (κ2) is 6.72. The van der Waals surface area contributed by atoms with E-state index in [1.54, 1.807) is 0 Å². The van der Waals surface area contributed by atoms with E-state index in [0.29, 0.717) is 18.5 Å². The van der Waals surface area contributed by atoms with Crippen LogP contribution in [0.5, 0.6) is 0 Å². The van der Waals surface area contributed by atoms with Gasteiger partial charge in [-0.25, -0.2) is 13.1 Å². The molecule has 2 unspecified atom stereocenters. The number of nitrogens with one attached hydrogen (secondary N) is 2. The number of nitrogens with zero attached hydrogens (tertiary/aromatic N) is 1. The number of hydrogen-bond acceptors (Lipinski definition) is 4. The lowest BCUT2D eigenvalue weighted by Crippen LogP contribution is -2.39. The van der Waals surface area contributed by atoms with Crippen molar-refractivity contribution in [3.05, 3.63) is 0 Å². The zero-order valence-electron chi connectivity index (χ0n) is 11.8. The second-order valence-corrected chi connectivity index (χ2v) is 7.97. The van der Waals surface area contributed by atoms with E-state index in [-0.39, 0.29) is 17.7 Å². The van der Waals surface area contributed by atoms with Gasteiger partial charge in [0.1, 0.15) is 0 Å². The Kier molecular flexibility index (Phi) is 6.07. The fraction of sp³-hybridized carbons (Fsp3) is 1.00. The molecular weight excluding hydrogens is 286 g/mol. The molecule has 2 saturated heterocycles. The van der Waals surface area contributed by atoms with Gasteiger partial charge < -0.3 is 10.2 Å². The van der Waals surface area contributed by atoms with Gasteiger partial charge in [-0.2, -0.15) is 0 Å². The molecular formula is C12H26ClN3O2S. The van der Waals surface area contributed by atoms with Gasteiger partial charge in [-0.15, -0.1) is 12.4 Å². The number of halogens is 1. The molecule has 0 aromatic carbocycles. The maximum absolute atomic E-state index is 11.9. The van der Waals surface area contributed by atoms with E-state index in [4.69, 9.17) is 0 Å². The average molecular weight is 312 g/mol. The average Bonchev–Trinajstić information content (AvgIpc) is 2.88. The third-order valence-corrected chi connectivity index (χ3v) is 6.03. The highest BCUT2D eigenvalue weighted by atomic mass is 35.5. The molecule has 2 aliphatic rings. The van der Waals surface area contributed by atoms with Crippen molar-refractivity contribution < 1.29 is 8.42 Å². The van der Waals surface area contributed by atoms with Crippen LogP contribution in [0.3, 0.4) is 0 Å². The third kappa shape index (κ3) is 4.29. The van der Waals surface area contributed by atoms with Crippen LogP contribution < -0.4 is 10.0 Å². The van der Waals surface area contributed by atoms with Crippen LogP contribution in [0.1, 0.15) is 26.7 Å². The standard InChI is InChI=1S/C12H25N3O2S.ClH/c1-3-14-18(16,17)11-4-7-15(8-11)10-12(2)5-6-13-9-12;/h11,13-14H,3-10H2,1-2H3;1H. The Bertz CT molecular complexity index is 382. The summed E-state index contributed by atoms with van der Waals surface area (Å²) in [7, 11) is -3.10. The van der Waals surface area contributed by atoms with Crippen molar-refractivity contribution in [2.75, 3.05) is 39.3 Å². The molecule has 2 N–H and O–H groups in total. The summed E-state index contributed by atoms with van der Waals surface area (Å²) in [6, 6.07) is 0. The van der Waals surface area contributed by atoms with Gasteiger partial charge >= 0.3 is 0 Å². The molecule has 0 amide bonds. The first-order valence-corrected chi connectivity index (χ1v) is 8.41. The Labute approximate surface area is 123 Å². The van der Waals surface area contributed by atoms with Crippen LogP contribution in [0, 0.1) is 5.41 Å². The summed E-state index contributed by atoms with van der Waals surface area (Å²) in [5, 5.41) is 3.16. The summed E-state index contributed by atoms with van der Waals surface area (Å²) in [6.45, 7) is 9.35. The van der Waals surface area contributed by atoms with E-state index in [1.165, 1.54) is 6.42 Å². The molecule has 2 rings (SSSR count). The van der Waals surface area contributed by atoms with Crippen molar-refractivity contribution in [2.24, 2.45) is 5.41 Å². The van der Waals surface area contributed by atoms with Crippen LogP contribution in [0.25, 0.3) is 0 Å². The highest BCUT2D eigenvalue weighted by Crippen LogP contribution is 2.28. The molecule has 5 nitrogen and oxygen atoms in total. The molecule has 19 heavy (non-hydrogen) atoms. The molecule has 0 bridgehead atoms. The number of rotatable bonds is 5. The Balaban J connectivity index is 0.00000180. The molecule has 0 spiro atoms. The smallest absolute Gasteiger partial charge is 0.215 e. The Hall–Kier alpha value is 0.120. The van der Waals surface area contributed by atoms with Crippen LogP contribution in [0.2, 0.25) is 0 Å². The minimum atomic E-state index is -3.10. The zero-order valence-corrected chi connectivity index (χ0v) is 13.4. The van der Waals surface area contributed by atoms with Crippen molar-refractivity contribution >= 4 is 22.4 Å². The van der Waals surface area contributed by atoms with E-state index in [1.807, 2.05) is 6.92 Å². The van der Waals surface area contributed by atoms with Crippen molar-refractivity contribution in [2.45, 2.75) is 31.9 Å². The lowest BCUT2D eigenvalue weighted by Gasteiger charge is -2.29. The van der Waals surface area contributed by atoms with Gasteiger partial charge in [0.25, 0.3) is 0 Å². The SMILES string of the molecule is CCNS(=O)(=O)C1CCN(CC2(C)CCNC2)C1.Cl. The monoisotopic (exact) mass is 311 g/mol. The van der Waals surface area contributed by atoms with Crippen LogP contribution in [-0.4, -0.2) is 57.8 Å². The van der Waals surface area contributed by atoms with Gasteiger partial charge in [0.2, 0.25) is 10.0 Å². The molecule has 2 fully saturated rings. The predicted molar refractivity (Wildman–Crippen MR) is 80.3 cm³/mol. The first kappa shape index (κ1) is 17.2. The van der Waals surface area contributed by atoms with Gasteiger partial charge in [0, 0.05) is 26.2 Å². The molecule has 0 saturated carbocycles. The Morgan fingerprint density at radius 1 is 1.47 bits per heavy atom. The van der Waals surface area contributed by atoms with Gasteiger partial charge in [-0.1, -0.05) is 13.8 Å². The second-order valence-electron chi connectivity index (χ2n) is 5.93. The number of likely N-dealkylation sites (tertiary alicyclic amines) is 1. The largest absolute Gasteiger partial charge is 0.316 e. The summed E-state index contributed by atoms with van der Waals surface area (Å²) in [6.07, 6.45) is 1.95. The Morgan fingerprint density at radius 2 is 2.21 bits per heavy atom.